The number of hydrogen-bond donors (Lipinski definition) is 3. The van der Waals surface area contributed by atoms with Crippen LogP contribution in [-0.2, 0) is 24.8 Å². The number of carboxylic acid groups (broad SMARTS) is 1. The van der Waals surface area contributed by atoms with E-state index in [1.807, 2.05) is 30.1 Å². The molecule has 0 saturated carbocycles. The van der Waals surface area contributed by atoms with E-state index in [-0.39, 0.29) is 6.54 Å². The maximum absolute atomic E-state index is 11.1. The van der Waals surface area contributed by atoms with Crippen LogP contribution in [0.15, 0.2) is 42.6 Å². The van der Waals surface area contributed by atoms with Crippen molar-refractivity contribution in [1.82, 2.24) is 24.6 Å². The first-order valence-electron chi connectivity index (χ1n) is 11.2. The number of anilines is 4. The maximum atomic E-state index is 11.1. The Balaban J connectivity index is 1.39. The Morgan fingerprint density at radius 3 is 2.68 bits per heavy atom. The number of fused-ring (bicyclic) bond motifs is 2. The van der Waals surface area contributed by atoms with Gasteiger partial charge in [-0.2, -0.15) is 10.1 Å². The second kappa shape index (κ2) is 8.75. The molecular formula is C25H27N7O2. The number of carbonyl (C=O) groups is 1. The van der Waals surface area contributed by atoms with Crippen molar-refractivity contribution in [2.75, 3.05) is 23.7 Å². The summed E-state index contributed by atoms with van der Waals surface area (Å²) in [6.45, 7) is 5.56. The van der Waals surface area contributed by atoms with Gasteiger partial charge in [-0.25, -0.2) is 9.67 Å². The monoisotopic (exact) mass is 457 g/mol. The number of aliphatic carboxylic acids is 1. The summed E-state index contributed by atoms with van der Waals surface area (Å²) in [6.07, 6.45) is 2.62. The summed E-state index contributed by atoms with van der Waals surface area (Å²) in [5.41, 5.74) is 7.29. The summed E-state index contributed by atoms with van der Waals surface area (Å²) >= 11 is 0. The predicted octanol–water partition coefficient (Wildman–Crippen LogP) is 3.91. The van der Waals surface area contributed by atoms with Gasteiger partial charge in [-0.3, -0.25) is 9.69 Å². The van der Waals surface area contributed by atoms with Crippen LogP contribution in [0.5, 0.6) is 0 Å². The highest BCUT2D eigenvalue weighted by molar-refractivity contribution is 5.90. The third kappa shape index (κ3) is 4.29. The van der Waals surface area contributed by atoms with Crippen molar-refractivity contribution in [3.05, 3.63) is 64.8 Å². The van der Waals surface area contributed by atoms with Gasteiger partial charge >= 0.3 is 5.97 Å². The Kier molecular flexibility index (Phi) is 5.62. The molecule has 9 heteroatoms. The molecule has 0 fully saturated rings. The van der Waals surface area contributed by atoms with Gasteiger partial charge in [-0.1, -0.05) is 24.3 Å². The summed E-state index contributed by atoms with van der Waals surface area (Å²) in [6, 6.07) is 12.3. The molecule has 2 aromatic carbocycles. The molecule has 174 valence electrons. The zero-order valence-electron chi connectivity index (χ0n) is 19.5. The molecule has 1 aliphatic rings. The predicted molar refractivity (Wildman–Crippen MR) is 132 cm³/mol. The van der Waals surface area contributed by atoms with Crippen LogP contribution in [0, 0.1) is 13.8 Å². The molecule has 0 unspecified atom stereocenters. The highest BCUT2D eigenvalue weighted by atomic mass is 16.4. The fraction of sp³-hybridized carbons (Fsp3) is 0.280. The van der Waals surface area contributed by atoms with Crippen molar-refractivity contribution < 1.29 is 9.90 Å². The first kappa shape index (κ1) is 21.8. The summed E-state index contributed by atoms with van der Waals surface area (Å²) in [5, 5.41) is 21.3. The second-order valence-corrected chi connectivity index (χ2v) is 8.76. The number of benzene rings is 2. The van der Waals surface area contributed by atoms with E-state index in [9.17, 15) is 4.79 Å². The van der Waals surface area contributed by atoms with Gasteiger partial charge < -0.3 is 15.7 Å². The molecule has 0 bridgehead atoms. The number of rotatable bonds is 6. The zero-order chi connectivity index (χ0) is 23.8. The molecule has 4 aromatic rings. The number of aryl methyl sites for hydroxylation is 3. The quantitative estimate of drug-likeness (QED) is 0.400. The average Bonchev–Trinajstić information content (AvgIpc) is 3.10. The first-order chi connectivity index (χ1) is 16.4. The molecule has 1 aliphatic heterocycles. The number of nitrogens with one attached hydrogen (secondary N) is 2. The molecule has 9 nitrogen and oxygen atoms in total. The number of hydrogen-bond acceptors (Lipinski definition) is 7. The van der Waals surface area contributed by atoms with Crippen molar-refractivity contribution in [3.63, 3.8) is 0 Å². The Morgan fingerprint density at radius 2 is 1.91 bits per heavy atom. The van der Waals surface area contributed by atoms with E-state index < -0.39 is 5.97 Å². The van der Waals surface area contributed by atoms with Crippen LogP contribution in [0.2, 0.25) is 0 Å². The van der Waals surface area contributed by atoms with E-state index in [1.54, 1.807) is 10.9 Å². The molecular weight excluding hydrogens is 430 g/mol. The Labute approximate surface area is 197 Å². The van der Waals surface area contributed by atoms with Gasteiger partial charge in [0.05, 0.1) is 11.9 Å². The summed E-state index contributed by atoms with van der Waals surface area (Å²) in [5.74, 6) is 0.392. The van der Waals surface area contributed by atoms with Gasteiger partial charge in [0.1, 0.15) is 0 Å². The highest BCUT2D eigenvalue weighted by Gasteiger charge is 2.19. The van der Waals surface area contributed by atoms with Crippen molar-refractivity contribution in [2.24, 2.45) is 7.05 Å². The van der Waals surface area contributed by atoms with E-state index in [0.717, 1.165) is 52.1 Å². The molecule has 0 atom stereocenters. The third-order valence-corrected chi connectivity index (χ3v) is 6.22. The van der Waals surface area contributed by atoms with E-state index in [0.29, 0.717) is 18.3 Å². The highest BCUT2D eigenvalue weighted by Crippen LogP contribution is 2.29. The van der Waals surface area contributed by atoms with Crippen LogP contribution in [0.1, 0.15) is 22.3 Å². The molecule has 3 heterocycles. The van der Waals surface area contributed by atoms with Crippen molar-refractivity contribution in [2.45, 2.75) is 26.8 Å². The maximum Gasteiger partial charge on any atom is 0.317 e. The van der Waals surface area contributed by atoms with E-state index in [1.165, 1.54) is 5.56 Å². The van der Waals surface area contributed by atoms with Gasteiger partial charge in [0, 0.05) is 37.7 Å². The fourth-order valence-corrected chi connectivity index (χ4v) is 4.47. The minimum atomic E-state index is -0.804. The molecule has 5 rings (SSSR count). The van der Waals surface area contributed by atoms with Crippen LogP contribution in [0.4, 0.5) is 23.1 Å². The molecule has 0 radical (unpaired) electrons. The van der Waals surface area contributed by atoms with E-state index in [2.05, 4.69) is 52.8 Å². The number of para-hydroxylation sites is 1. The zero-order valence-corrected chi connectivity index (χ0v) is 19.5. The largest absolute Gasteiger partial charge is 0.480 e. The molecule has 2 aromatic heterocycles. The topological polar surface area (TPSA) is 108 Å². The summed E-state index contributed by atoms with van der Waals surface area (Å²) in [4.78, 5) is 22.2. The smallest absolute Gasteiger partial charge is 0.317 e. The lowest BCUT2D eigenvalue weighted by Crippen LogP contribution is -2.34. The van der Waals surface area contributed by atoms with E-state index >= 15 is 0 Å². The SMILES string of the molecule is Cc1cccc(C)c1Nc1nn(C)c2nc(Nc3ccc4c(c3)CN(CC(=O)O)CC4)ncc12. The average molecular weight is 458 g/mol. The normalized spacial score (nSPS) is 13.6. The van der Waals surface area contributed by atoms with E-state index in [4.69, 9.17) is 10.1 Å². The van der Waals surface area contributed by atoms with Gasteiger partial charge in [-0.05, 0) is 54.7 Å². The Hall–Kier alpha value is -3.98. The molecule has 34 heavy (non-hydrogen) atoms. The van der Waals surface area contributed by atoms with Crippen molar-refractivity contribution in [3.8, 4) is 0 Å². The van der Waals surface area contributed by atoms with Crippen LogP contribution in [0.25, 0.3) is 11.0 Å². The second-order valence-electron chi connectivity index (χ2n) is 8.76. The van der Waals surface area contributed by atoms with Crippen LogP contribution in [-0.4, -0.2) is 48.8 Å². The molecule has 0 spiro atoms. The lowest BCUT2D eigenvalue weighted by atomic mass is 9.99. The Bertz CT molecular complexity index is 1380. The minimum absolute atomic E-state index is 0.0514. The molecule has 3 N–H and O–H groups in total. The summed E-state index contributed by atoms with van der Waals surface area (Å²) < 4.78 is 1.74. The van der Waals surface area contributed by atoms with Crippen molar-refractivity contribution >= 4 is 40.1 Å². The fourth-order valence-electron chi connectivity index (χ4n) is 4.47. The number of nitrogens with zero attached hydrogens (tertiary/aromatic N) is 5. The third-order valence-electron chi connectivity index (χ3n) is 6.22. The standard InChI is InChI=1S/C25H27N7O2/c1-15-5-4-6-16(2)22(15)28-23-20-12-26-25(29-24(20)31(3)30-23)27-19-8-7-17-9-10-32(14-21(33)34)13-18(17)11-19/h4-8,11-12H,9-10,13-14H2,1-3H3,(H,28,30)(H,33,34)(H,26,27,29). The van der Waals surface area contributed by atoms with Crippen LogP contribution < -0.4 is 10.6 Å². The van der Waals surface area contributed by atoms with Gasteiger partial charge in [0.15, 0.2) is 11.5 Å². The number of aromatic nitrogens is 4. The lowest BCUT2D eigenvalue weighted by Gasteiger charge is -2.27. The summed E-state index contributed by atoms with van der Waals surface area (Å²) in [7, 11) is 1.87. The lowest BCUT2D eigenvalue weighted by molar-refractivity contribution is -0.138. The van der Waals surface area contributed by atoms with Gasteiger partial charge in [0.25, 0.3) is 0 Å². The molecule has 0 amide bonds. The van der Waals surface area contributed by atoms with Crippen LogP contribution >= 0.6 is 0 Å². The van der Waals surface area contributed by atoms with Gasteiger partial charge in [0.2, 0.25) is 5.95 Å². The van der Waals surface area contributed by atoms with Crippen molar-refractivity contribution in [1.29, 1.82) is 0 Å². The molecule has 0 aliphatic carbocycles. The Morgan fingerprint density at radius 1 is 1.12 bits per heavy atom. The van der Waals surface area contributed by atoms with Crippen LogP contribution in [0.3, 0.4) is 0 Å². The van der Waals surface area contributed by atoms with Gasteiger partial charge in [-0.15, -0.1) is 0 Å². The number of carboxylic acids is 1. The minimum Gasteiger partial charge on any atom is -0.480 e. The first-order valence-corrected chi connectivity index (χ1v) is 11.2. The molecule has 0 saturated heterocycles.